The van der Waals surface area contributed by atoms with E-state index in [0.29, 0.717) is 30.4 Å². The van der Waals surface area contributed by atoms with Gasteiger partial charge in [0.15, 0.2) is 11.5 Å². The first-order chi connectivity index (χ1) is 15.0. The Morgan fingerprint density at radius 2 is 1.97 bits per heavy atom. The van der Waals surface area contributed by atoms with Crippen LogP contribution in [0.25, 0.3) is 0 Å². The Bertz CT molecular complexity index is 1080. The lowest BCUT2D eigenvalue weighted by molar-refractivity contribution is -0.123. The number of nitrogens with zero attached hydrogens (tertiary/aromatic N) is 2. The lowest BCUT2D eigenvalue weighted by Crippen LogP contribution is -2.32. The Morgan fingerprint density at radius 1 is 1.19 bits per heavy atom. The van der Waals surface area contributed by atoms with Gasteiger partial charge in [0.1, 0.15) is 19.3 Å². The number of carbonyl (C=O) groups excluding carboxylic acids is 2. The average Bonchev–Trinajstić information content (AvgIpc) is 3.07. The fourth-order valence-electron chi connectivity index (χ4n) is 3.13. The third-order valence-electron chi connectivity index (χ3n) is 4.65. The standard InChI is InChI=1S/C21H22N6O4/c1-12-4-2-3-5-14(12)24-20(22)27-21-25-15(19(29)26-21)11-18(28)23-13-6-7-16-17(10-13)31-9-8-30-16/h2-7,10,15H,8-9,11H2,1H3,(H,23,28)(H4,22,24,25,26,27,29). The lowest BCUT2D eigenvalue weighted by atomic mass is 10.2. The summed E-state index contributed by atoms with van der Waals surface area (Å²) < 4.78 is 11.0. The number of aliphatic imine (C=N–C) groups is 2. The molecule has 0 spiro atoms. The molecule has 0 bridgehead atoms. The van der Waals surface area contributed by atoms with Crippen molar-refractivity contribution in [3.05, 3.63) is 48.0 Å². The first-order valence-corrected chi connectivity index (χ1v) is 9.73. The molecule has 0 aliphatic carbocycles. The molecule has 2 aliphatic heterocycles. The second-order valence-electron chi connectivity index (χ2n) is 7.01. The number of carbonyl (C=O) groups is 2. The van der Waals surface area contributed by atoms with Crippen molar-refractivity contribution in [3.63, 3.8) is 0 Å². The van der Waals surface area contributed by atoms with E-state index in [1.54, 1.807) is 18.2 Å². The summed E-state index contributed by atoms with van der Waals surface area (Å²) in [6.07, 6.45) is -0.135. The number of fused-ring (bicyclic) bond motifs is 1. The van der Waals surface area contributed by atoms with Crippen molar-refractivity contribution in [1.82, 2.24) is 5.32 Å². The molecule has 1 unspecified atom stereocenters. The number of guanidine groups is 2. The smallest absolute Gasteiger partial charge is 0.252 e. The van der Waals surface area contributed by atoms with Gasteiger partial charge in [0, 0.05) is 17.4 Å². The molecule has 0 saturated carbocycles. The van der Waals surface area contributed by atoms with Crippen molar-refractivity contribution in [1.29, 1.82) is 0 Å². The molecule has 5 N–H and O–H groups in total. The number of ether oxygens (including phenoxy) is 2. The zero-order valence-electron chi connectivity index (χ0n) is 16.8. The summed E-state index contributed by atoms with van der Waals surface area (Å²) in [5.41, 5.74) is 8.24. The largest absolute Gasteiger partial charge is 0.486 e. The molecule has 31 heavy (non-hydrogen) atoms. The Balaban J connectivity index is 1.37. The van der Waals surface area contributed by atoms with Crippen molar-refractivity contribution in [2.75, 3.05) is 23.8 Å². The maximum Gasteiger partial charge on any atom is 0.252 e. The molecule has 2 aromatic carbocycles. The number of nitrogens with one attached hydrogen (secondary N) is 3. The number of nitrogens with two attached hydrogens (primary N) is 1. The van der Waals surface area contributed by atoms with Crippen LogP contribution in [0.4, 0.5) is 11.4 Å². The van der Waals surface area contributed by atoms with Gasteiger partial charge in [-0.2, -0.15) is 4.99 Å². The molecular weight excluding hydrogens is 400 g/mol. The van der Waals surface area contributed by atoms with E-state index in [-0.39, 0.29) is 24.2 Å². The van der Waals surface area contributed by atoms with Gasteiger partial charge in [-0.25, -0.2) is 4.99 Å². The second-order valence-corrected chi connectivity index (χ2v) is 7.01. The summed E-state index contributed by atoms with van der Waals surface area (Å²) in [6, 6.07) is 11.8. The Hall–Kier alpha value is -4.08. The number of hydrogen-bond donors (Lipinski definition) is 4. The fraction of sp³-hybridized carbons (Fsp3) is 0.238. The van der Waals surface area contributed by atoms with Crippen LogP contribution in [0.15, 0.2) is 52.4 Å². The zero-order valence-corrected chi connectivity index (χ0v) is 16.8. The van der Waals surface area contributed by atoms with Gasteiger partial charge in [-0.15, -0.1) is 0 Å². The molecule has 2 heterocycles. The van der Waals surface area contributed by atoms with E-state index in [0.717, 1.165) is 11.3 Å². The van der Waals surface area contributed by atoms with E-state index in [1.165, 1.54) is 0 Å². The molecule has 10 heteroatoms. The highest BCUT2D eigenvalue weighted by Gasteiger charge is 2.29. The van der Waals surface area contributed by atoms with Crippen LogP contribution in [-0.4, -0.2) is 43.0 Å². The van der Waals surface area contributed by atoms with E-state index < -0.39 is 11.9 Å². The van der Waals surface area contributed by atoms with Crippen LogP contribution in [0.3, 0.4) is 0 Å². The fourth-order valence-corrected chi connectivity index (χ4v) is 3.13. The number of aryl methyl sites for hydroxylation is 1. The minimum atomic E-state index is -0.887. The molecular formula is C21H22N6O4. The summed E-state index contributed by atoms with van der Waals surface area (Å²) >= 11 is 0. The van der Waals surface area contributed by atoms with Crippen molar-refractivity contribution < 1.29 is 19.1 Å². The van der Waals surface area contributed by atoms with E-state index in [1.807, 2.05) is 31.2 Å². The van der Waals surface area contributed by atoms with Crippen LogP contribution in [-0.2, 0) is 9.59 Å². The highest BCUT2D eigenvalue weighted by molar-refractivity contribution is 6.11. The maximum atomic E-state index is 12.4. The van der Waals surface area contributed by atoms with Crippen LogP contribution < -0.4 is 31.2 Å². The predicted molar refractivity (Wildman–Crippen MR) is 116 cm³/mol. The number of para-hydroxylation sites is 1. The number of rotatable bonds is 4. The van der Waals surface area contributed by atoms with Crippen LogP contribution in [0.1, 0.15) is 12.0 Å². The minimum absolute atomic E-state index is 0.0562. The normalized spacial score (nSPS) is 17.6. The molecule has 2 amide bonds. The minimum Gasteiger partial charge on any atom is -0.486 e. The number of amides is 2. The van der Waals surface area contributed by atoms with E-state index in [9.17, 15) is 9.59 Å². The van der Waals surface area contributed by atoms with Gasteiger partial charge in [-0.1, -0.05) is 18.2 Å². The summed E-state index contributed by atoms with van der Waals surface area (Å²) in [4.78, 5) is 32.8. The van der Waals surface area contributed by atoms with Crippen LogP contribution >= 0.6 is 0 Å². The molecule has 160 valence electrons. The molecule has 4 rings (SSSR count). The second kappa shape index (κ2) is 8.74. The van der Waals surface area contributed by atoms with Gasteiger partial charge < -0.3 is 25.8 Å². The number of hydrogen-bond acceptors (Lipinski definition) is 6. The quantitative estimate of drug-likeness (QED) is 0.434. The summed E-state index contributed by atoms with van der Waals surface area (Å²) in [7, 11) is 0. The first kappa shape index (κ1) is 20.2. The number of benzene rings is 2. The number of anilines is 2. The van der Waals surface area contributed by atoms with Crippen molar-refractivity contribution >= 4 is 35.1 Å². The van der Waals surface area contributed by atoms with E-state index >= 15 is 0 Å². The molecule has 0 fully saturated rings. The summed E-state index contributed by atoms with van der Waals surface area (Å²) in [6.45, 7) is 2.87. The third-order valence-corrected chi connectivity index (χ3v) is 4.65. The highest BCUT2D eigenvalue weighted by Crippen LogP contribution is 2.32. The molecule has 2 aliphatic rings. The van der Waals surface area contributed by atoms with Gasteiger partial charge in [0.2, 0.25) is 17.8 Å². The third kappa shape index (κ3) is 4.92. The molecule has 0 aromatic heterocycles. The van der Waals surface area contributed by atoms with Gasteiger partial charge in [0.05, 0.1) is 6.42 Å². The van der Waals surface area contributed by atoms with Crippen LogP contribution in [0.2, 0.25) is 0 Å². The lowest BCUT2D eigenvalue weighted by Gasteiger charge is -2.19. The SMILES string of the molecule is Cc1ccccc1N/C(N)=N/C1=NC(CC(=O)Nc2ccc3c(c2)OCCO3)C(=O)N1. The Morgan fingerprint density at radius 3 is 2.77 bits per heavy atom. The monoisotopic (exact) mass is 422 g/mol. The Labute approximate surface area is 178 Å². The molecule has 0 radical (unpaired) electrons. The topological polar surface area (TPSA) is 139 Å². The molecule has 2 aromatic rings. The van der Waals surface area contributed by atoms with Crippen LogP contribution in [0.5, 0.6) is 11.5 Å². The van der Waals surface area contributed by atoms with Gasteiger partial charge in [-0.3, -0.25) is 14.9 Å². The first-order valence-electron chi connectivity index (χ1n) is 9.73. The molecule has 10 nitrogen and oxygen atoms in total. The molecule has 1 atom stereocenters. The van der Waals surface area contributed by atoms with Crippen molar-refractivity contribution in [3.8, 4) is 11.5 Å². The van der Waals surface area contributed by atoms with Gasteiger partial charge >= 0.3 is 0 Å². The Kier molecular flexibility index (Phi) is 5.69. The van der Waals surface area contributed by atoms with Gasteiger partial charge in [-0.05, 0) is 30.7 Å². The predicted octanol–water partition coefficient (Wildman–Crippen LogP) is 1.38. The highest BCUT2D eigenvalue weighted by atomic mass is 16.6. The summed E-state index contributed by atoms with van der Waals surface area (Å²) in [5, 5.41) is 8.23. The molecule has 0 saturated heterocycles. The zero-order chi connectivity index (χ0) is 21.8. The van der Waals surface area contributed by atoms with E-state index in [4.69, 9.17) is 15.2 Å². The van der Waals surface area contributed by atoms with Crippen molar-refractivity contribution in [2.45, 2.75) is 19.4 Å². The average molecular weight is 422 g/mol. The van der Waals surface area contributed by atoms with Crippen molar-refractivity contribution in [2.24, 2.45) is 15.7 Å². The van der Waals surface area contributed by atoms with Gasteiger partial charge in [0.25, 0.3) is 5.91 Å². The maximum absolute atomic E-state index is 12.4. The summed E-state index contributed by atoms with van der Waals surface area (Å²) in [5.74, 6) is 0.546. The van der Waals surface area contributed by atoms with E-state index in [2.05, 4.69) is 25.9 Å². The van der Waals surface area contributed by atoms with Crippen LogP contribution in [0, 0.1) is 6.92 Å².